The van der Waals surface area contributed by atoms with Gasteiger partial charge in [0.1, 0.15) is 4.34 Å². The lowest BCUT2D eigenvalue weighted by molar-refractivity contribution is -0.255. The standard InChI is InChI=1S/C7HCl2F5OS/c8-3-1-2(5(9)16-3)4(15)6(10,11)7(12,13)14/h1H. The third-order valence-electron chi connectivity index (χ3n) is 1.54. The van der Waals surface area contributed by atoms with E-state index in [1.165, 1.54) is 0 Å². The summed E-state index contributed by atoms with van der Waals surface area (Å²) in [4.78, 5) is 10.9. The molecule has 1 heterocycles. The summed E-state index contributed by atoms with van der Waals surface area (Å²) in [6.45, 7) is 0. The van der Waals surface area contributed by atoms with Gasteiger partial charge in [0.05, 0.1) is 9.90 Å². The van der Waals surface area contributed by atoms with Crippen molar-refractivity contribution in [2.45, 2.75) is 12.1 Å². The van der Waals surface area contributed by atoms with Crippen molar-refractivity contribution in [1.82, 2.24) is 0 Å². The zero-order valence-corrected chi connectivity index (χ0v) is 9.37. The number of thiophene rings is 1. The van der Waals surface area contributed by atoms with Crippen LogP contribution in [0.4, 0.5) is 22.0 Å². The summed E-state index contributed by atoms with van der Waals surface area (Å²) in [6.07, 6.45) is -5.96. The lowest BCUT2D eigenvalue weighted by Gasteiger charge is -2.17. The molecule has 16 heavy (non-hydrogen) atoms. The zero-order chi connectivity index (χ0) is 12.7. The average molecular weight is 299 g/mol. The first-order valence-corrected chi connectivity index (χ1v) is 5.09. The predicted octanol–water partition coefficient (Wildman–Crippen LogP) is 4.44. The number of rotatable bonds is 2. The molecule has 0 saturated heterocycles. The van der Waals surface area contributed by atoms with Gasteiger partial charge in [0.25, 0.3) is 0 Å². The van der Waals surface area contributed by atoms with Gasteiger partial charge in [-0.25, -0.2) is 0 Å². The van der Waals surface area contributed by atoms with Gasteiger partial charge in [-0.3, -0.25) is 4.79 Å². The minimum Gasteiger partial charge on any atom is -0.287 e. The van der Waals surface area contributed by atoms with Gasteiger partial charge in [-0.2, -0.15) is 22.0 Å². The van der Waals surface area contributed by atoms with Gasteiger partial charge in [-0.15, -0.1) is 11.3 Å². The normalized spacial score (nSPS) is 12.9. The number of carbonyl (C=O) groups excluding carboxylic acids is 1. The van der Waals surface area contributed by atoms with E-state index in [9.17, 15) is 26.7 Å². The molecule has 0 N–H and O–H groups in total. The van der Waals surface area contributed by atoms with E-state index in [0.29, 0.717) is 17.4 Å². The molecule has 0 amide bonds. The Hall–Kier alpha value is -0.400. The second-order valence-corrected chi connectivity index (χ2v) is 4.92. The molecule has 0 aliphatic rings. The van der Waals surface area contributed by atoms with E-state index < -0.39 is 27.8 Å². The van der Waals surface area contributed by atoms with Crippen molar-refractivity contribution in [3.05, 3.63) is 20.3 Å². The van der Waals surface area contributed by atoms with Crippen molar-refractivity contribution in [3.63, 3.8) is 0 Å². The molecule has 0 radical (unpaired) electrons. The van der Waals surface area contributed by atoms with Crippen LogP contribution in [-0.2, 0) is 0 Å². The first kappa shape index (κ1) is 13.7. The molecule has 0 unspecified atom stereocenters. The maximum absolute atomic E-state index is 12.6. The third-order valence-corrected chi connectivity index (χ3v) is 3.03. The Balaban J connectivity index is 3.17. The van der Waals surface area contributed by atoms with Crippen LogP contribution in [0, 0.1) is 0 Å². The molecule has 0 aliphatic carbocycles. The van der Waals surface area contributed by atoms with E-state index in [4.69, 9.17) is 23.2 Å². The molecule has 0 bridgehead atoms. The van der Waals surface area contributed by atoms with Gasteiger partial charge >= 0.3 is 12.1 Å². The van der Waals surface area contributed by atoms with E-state index in [-0.39, 0.29) is 4.34 Å². The monoisotopic (exact) mass is 298 g/mol. The molecule has 0 aliphatic heterocycles. The molecular weight excluding hydrogens is 298 g/mol. The third kappa shape index (κ3) is 2.31. The van der Waals surface area contributed by atoms with Gasteiger partial charge in [0.2, 0.25) is 5.78 Å². The Kier molecular flexibility index (Phi) is 3.52. The Morgan fingerprint density at radius 2 is 1.69 bits per heavy atom. The fourth-order valence-electron chi connectivity index (χ4n) is 0.793. The second-order valence-electron chi connectivity index (χ2n) is 2.64. The van der Waals surface area contributed by atoms with E-state index in [1.807, 2.05) is 0 Å². The van der Waals surface area contributed by atoms with Crippen LogP contribution in [0.25, 0.3) is 0 Å². The zero-order valence-electron chi connectivity index (χ0n) is 7.04. The molecule has 1 nitrogen and oxygen atoms in total. The highest BCUT2D eigenvalue weighted by molar-refractivity contribution is 7.20. The van der Waals surface area contributed by atoms with E-state index in [1.54, 1.807) is 0 Å². The van der Waals surface area contributed by atoms with Crippen LogP contribution in [0.3, 0.4) is 0 Å². The van der Waals surface area contributed by atoms with Crippen LogP contribution < -0.4 is 0 Å². The highest BCUT2D eigenvalue weighted by atomic mass is 35.5. The topological polar surface area (TPSA) is 17.1 Å². The number of halogens is 7. The van der Waals surface area contributed by atoms with E-state index >= 15 is 0 Å². The number of Topliss-reactive ketones (excluding diaryl/α,β-unsaturated/α-hetero) is 1. The SMILES string of the molecule is O=C(c1cc(Cl)sc1Cl)C(F)(F)C(F)(F)F. The number of hydrogen-bond donors (Lipinski definition) is 0. The molecule has 0 aromatic carbocycles. The summed E-state index contributed by atoms with van der Waals surface area (Å²) in [5.41, 5.74) is -0.931. The molecule has 90 valence electrons. The first-order valence-electron chi connectivity index (χ1n) is 3.51. The first-order chi connectivity index (χ1) is 7.07. The maximum atomic E-state index is 12.6. The van der Waals surface area contributed by atoms with Crippen molar-refractivity contribution in [2.75, 3.05) is 0 Å². The van der Waals surface area contributed by atoms with Crippen LogP contribution in [-0.4, -0.2) is 17.9 Å². The molecule has 1 aromatic rings. The molecule has 9 heteroatoms. The predicted molar refractivity (Wildman–Crippen MR) is 49.7 cm³/mol. The van der Waals surface area contributed by atoms with Gasteiger partial charge < -0.3 is 0 Å². The Labute approximate surface area is 99.8 Å². The molecule has 0 fully saturated rings. The Bertz CT molecular complexity index is 425. The van der Waals surface area contributed by atoms with Gasteiger partial charge in [-0.05, 0) is 6.07 Å². The van der Waals surface area contributed by atoms with E-state index in [2.05, 4.69) is 0 Å². The smallest absolute Gasteiger partial charge is 0.287 e. The molecule has 1 rings (SSSR count). The number of hydrogen-bond acceptors (Lipinski definition) is 2. The molecule has 0 spiro atoms. The quantitative estimate of drug-likeness (QED) is 0.583. The summed E-state index contributed by atoms with van der Waals surface area (Å²) >= 11 is 11.2. The van der Waals surface area contributed by atoms with Crippen LogP contribution in [0.2, 0.25) is 8.67 Å². The van der Waals surface area contributed by atoms with Crippen LogP contribution in [0.5, 0.6) is 0 Å². The number of ketones is 1. The lowest BCUT2D eigenvalue weighted by atomic mass is 10.1. The van der Waals surface area contributed by atoms with Crippen molar-refractivity contribution in [1.29, 1.82) is 0 Å². The van der Waals surface area contributed by atoms with Crippen LogP contribution in [0.15, 0.2) is 6.07 Å². The average Bonchev–Trinajstić information content (AvgIpc) is 2.41. The maximum Gasteiger partial charge on any atom is 0.461 e. The fourth-order valence-corrected chi connectivity index (χ4v) is 2.25. The highest BCUT2D eigenvalue weighted by Gasteiger charge is 2.63. The van der Waals surface area contributed by atoms with Gasteiger partial charge in [0, 0.05) is 0 Å². The Morgan fingerprint density at radius 3 is 2.00 bits per heavy atom. The lowest BCUT2D eigenvalue weighted by Crippen LogP contribution is -2.44. The molecular formula is C7HCl2F5OS. The van der Waals surface area contributed by atoms with Crippen LogP contribution >= 0.6 is 34.5 Å². The van der Waals surface area contributed by atoms with Crippen molar-refractivity contribution in [2.24, 2.45) is 0 Å². The van der Waals surface area contributed by atoms with Crippen molar-refractivity contribution < 1.29 is 26.7 Å². The largest absolute Gasteiger partial charge is 0.461 e. The number of carbonyl (C=O) groups is 1. The minimum absolute atomic E-state index is 0.147. The Morgan fingerprint density at radius 1 is 1.19 bits per heavy atom. The molecule has 1 aromatic heterocycles. The number of alkyl halides is 5. The second kappa shape index (κ2) is 4.12. The van der Waals surface area contributed by atoms with E-state index in [0.717, 1.165) is 0 Å². The van der Waals surface area contributed by atoms with Crippen LogP contribution in [0.1, 0.15) is 10.4 Å². The summed E-state index contributed by atoms with van der Waals surface area (Å²) in [5.74, 6) is -7.88. The van der Waals surface area contributed by atoms with Crippen molar-refractivity contribution in [3.8, 4) is 0 Å². The van der Waals surface area contributed by atoms with Gasteiger partial charge in [0.15, 0.2) is 0 Å². The summed E-state index contributed by atoms with van der Waals surface area (Å²) in [6, 6.07) is 0.677. The highest BCUT2D eigenvalue weighted by Crippen LogP contribution is 2.41. The minimum atomic E-state index is -5.96. The summed E-state index contributed by atoms with van der Waals surface area (Å²) < 4.78 is 60.2. The van der Waals surface area contributed by atoms with Crippen molar-refractivity contribution >= 4 is 40.3 Å². The summed E-state index contributed by atoms with van der Waals surface area (Å²) in [7, 11) is 0. The molecule has 0 saturated carbocycles. The summed E-state index contributed by atoms with van der Waals surface area (Å²) in [5, 5.41) is 0. The van der Waals surface area contributed by atoms with Gasteiger partial charge in [-0.1, -0.05) is 23.2 Å². The molecule has 0 atom stereocenters. The fraction of sp³-hybridized carbons (Fsp3) is 0.286.